The number of nitrogens with one attached hydrogen (secondary N) is 2. The van der Waals surface area contributed by atoms with E-state index in [2.05, 4.69) is 20.5 Å². The number of fused-ring (bicyclic) bond motifs is 3. The van der Waals surface area contributed by atoms with Crippen LogP contribution in [0.25, 0.3) is 21.8 Å². The molecule has 3 aromatic rings. The van der Waals surface area contributed by atoms with Crippen molar-refractivity contribution in [3.63, 3.8) is 0 Å². The fraction of sp³-hybridized carbons (Fsp3) is 0.389. The maximum Gasteiger partial charge on any atom is 0.230 e. The maximum absolute atomic E-state index is 13.5. The van der Waals surface area contributed by atoms with Gasteiger partial charge in [-0.05, 0) is 31.0 Å². The molecule has 5 nitrogen and oxygen atoms in total. The van der Waals surface area contributed by atoms with Crippen LogP contribution in [-0.4, -0.2) is 32.9 Å². The molecule has 1 amide bonds. The lowest BCUT2D eigenvalue weighted by Gasteiger charge is -2.22. The first-order valence-corrected chi connectivity index (χ1v) is 9.54. The summed E-state index contributed by atoms with van der Waals surface area (Å²) >= 11 is 1.36. The molecule has 0 unspecified atom stereocenters. The summed E-state index contributed by atoms with van der Waals surface area (Å²) in [4.78, 5) is 15.5. The number of thioether (sulfide) groups is 1. The van der Waals surface area contributed by atoms with Crippen molar-refractivity contribution in [3.8, 4) is 0 Å². The van der Waals surface area contributed by atoms with Gasteiger partial charge in [-0.3, -0.25) is 4.79 Å². The average molecular weight is 358 g/mol. The zero-order valence-corrected chi connectivity index (χ0v) is 14.5. The molecule has 4 rings (SSSR count). The summed E-state index contributed by atoms with van der Waals surface area (Å²) in [6.45, 7) is 0. The number of aromatic nitrogens is 3. The van der Waals surface area contributed by atoms with Gasteiger partial charge in [0.15, 0.2) is 0 Å². The van der Waals surface area contributed by atoms with E-state index in [0.29, 0.717) is 16.8 Å². The number of benzene rings is 1. The molecule has 0 spiro atoms. The van der Waals surface area contributed by atoms with Crippen LogP contribution >= 0.6 is 11.8 Å². The van der Waals surface area contributed by atoms with E-state index in [1.807, 2.05) is 0 Å². The minimum absolute atomic E-state index is 0.0258. The largest absolute Gasteiger partial charge is 0.353 e. The Bertz CT molecular complexity index is 920. The molecule has 1 aliphatic carbocycles. The summed E-state index contributed by atoms with van der Waals surface area (Å²) in [6, 6.07) is 4.91. The van der Waals surface area contributed by atoms with Crippen LogP contribution in [0.15, 0.2) is 29.4 Å². The van der Waals surface area contributed by atoms with Gasteiger partial charge in [-0.1, -0.05) is 31.0 Å². The molecule has 0 atom stereocenters. The number of hydrogen-bond acceptors (Lipinski definition) is 4. The first-order chi connectivity index (χ1) is 12.2. The molecule has 1 aromatic carbocycles. The molecule has 1 aliphatic rings. The third-order valence-corrected chi connectivity index (χ3v) is 5.63. The van der Waals surface area contributed by atoms with E-state index in [-0.39, 0.29) is 11.7 Å². The third-order valence-electron chi connectivity index (χ3n) is 4.66. The van der Waals surface area contributed by atoms with E-state index in [4.69, 9.17) is 0 Å². The first kappa shape index (κ1) is 16.3. The predicted octanol–water partition coefficient (Wildman–Crippen LogP) is 3.79. The summed E-state index contributed by atoms with van der Waals surface area (Å²) in [7, 11) is 0. The highest BCUT2D eigenvalue weighted by atomic mass is 32.2. The number of nitrogens with zero attached hydrogens (tertiary/aromatic N) is 2. The molecule has 0 radical (unpaired) electrons. The van der Waals surface area contributed by atoms with Gasteiger partial charge in [-0.2, -0.15) is 5.10 Å². The Labute approximate surface area is 148 Å². The summed E-state index contributed by atoms with van der Waals surface area (Å²) < 4.78 is 13.5. The van der Waals surface area contributed by atoms with Gasteiger partial charge in [0.1, 0.15) is 10.8 Å². The molecular formula is C18H19FN4OS. The predicted molar refractivity (Wildman–Crippen MR) is 97.1 cm³/mol. The quantitative estimate of drug-likeness (QED) is 0.696. The highest BCUT2D eigenvalue weighted by molar-refractivity contribution is 8.00. The van der Waals surface area contributed by atoms with Crippen molar-refractivity contribution in [2.45, 2.75) is 43.2 Å². The lowest BCUT2D eigenvalue weighted by molar-refractivity contribution is -0.119. The van der Waals surface area contributed by atoms with Gasteiger partial charge in [0, 0.05) is 22.3 Å². The van der Waals surface area contributed by atoms with Crippen LogP contribution in [0, 0.1) is 5.82 Å². The number of carbonyl (C=O) groups excluding carboxylic acids is 1. The van der Waals surface area contributed by atoms with Crippen molar-refractivity contribution in [3.05, 3.63) is 30.2 Å². The fourth-order valence-electron chi connectivity index (χ4n) is 3.43. The van der Waals surface area contributed by atoms with E-state index >= 15 is 0 Å². The summed E-state index contributed by atoms with van der Waals surface area (Å²) in [5.41, 5.74) is 1.63. The van der Waals surface area contributed by atoms with Crippen molar-refractivity contribution in [2.75, 3.05) is 5.75 Å². The lowest BCUT2D eigenvalue weighted by Crippen LogP contribution is -2.37. The van der Waals surface area contributed by atoms with Crippen molar-refractivity contribution < 1.29 is 9.18 Å². The van der Waals surface area contributed by atoms with Gasteiger partial charge in [0.05, 0.1) is 17.5 Å². The number of rotatable bonds is 4. The summed E-state index contributed by atoms with van der Waals surface area (Å²) in [5, 5.41) is 13.5. The van der Waals surface area contributed by atoms with Gasteiger partial charge in [-0.25, -0.2) is 4.39 Å². The van der Waals surface area contributed by atoms with Gasteiger partial charge in [0.2, 0.25) is 5.91 Å². The second kappa shape index (κ2) is 7.00. The van der Waals surface area contributed by atoms with Crippen LogP contribution in [0.4, 0.5) is 4.39 Å². The second-order valence-electron chi connectivity index (χ2n) is 6.44. The van der Waals surface area contributed by atoms with E-state index in [1.54, 1.807) is 12.3 Å². The standard InChI is InChI=1S/C18H19FN4OS/c19-11-6-7-15-13(8-11)14-9-20-23-18(17(14)22-15)25-10-16(24)21-12-4-2-1-3-5-12/h6-9,12,22H,1-5,10H2,(H,21,24). The Morgan fingerprint density at radius 3 is 2.96 bits per heavy atom. The number of carbonyl (C=O) groups is 1. The summed E-state index contributed by atoms with van der Waals surface area (Å²) in [6.07, 6.45) is 7.40. The van der Waals surface area contributed by atoms with Crippen molar-refractivity contribution in [2.24, 2.45) is 0 Å². The highest BCUT2D eigenvalue weighted by Gasteiger charge is 2.17. The van der Waals surface area contributed by atoms with Crippen molar-refractivity contribution in [1.29, 1.82) is 0 Å². The topological polar surface area (TPSA) is 70.7 Å². The Kier molecular flexibility index (Phi) is 4.57. The average Bonchev–Trinajstić information content (AvgIpc) is 2.99. The molecule has 0 aliphatic heterocycles. The van der Waals surface area contributed by atoms with Crippen LogP contribution in [0.2, 0.25) is 0 Å². The molecule has 7 heteroatoms. The maximum atomic E-state index is 13.5. The molecule has 0 saturated heterocycles. The summed E-state index contributed by atoms with van der Waals surface area (Å²) in [5.74, 6) is 0.0396. The number of halogens is 1. The first-order valence-electron chi connectivity index (χ1n) is 8.55. The minimum atomic E-state index is -0.286. The SMILES string of the molecule is O=C(CSc1nncc2c1[nH]c1ccc(F)cc12)NC1CCCCC1. The Balaban J connectivity index is 1.51. The lowest BCUT2D eigenvalue weighted by atomic mass is 9.95. The van der Waals surface area contributed by atoms with Crippen LogP contribution < -0.4 is 5.32 Å². The van der Waals surface area contributed by atoms with Gasteiger partial charge in [0.25, 0.3) is 0 Å². The monoisotopic (exact) mass is 358 g/mol. The highest BCUT2D eigenvalue weighted by Crippen LogP contribution is 2.30. The van der Waals surface area contributed by atoms with E-state index in [9.17, 15) is 9.18 Å². The number of amides is 1. The van der Waals surface area contributed by atoms with Gasteiger partial charge in [-0.15, -0.1) is 5.10 Å². The third kappa shape index (κ3) is 3.46. The van der Waals surface area contributed by atoms with Crippen LogP contribution in [0.5, 0.6) is 0 Å². The zero-order valence-electron chi connectivity index (χ0n) is 13.7. The van der Waals surface area contributed by atoms with E-state index in [0.717, 1.165) is 34.6 Å². The van der Waals surface area contributed by atoms with Crippen LogP contribution in [0.3, 0.4) is 0 Å². The molecular weight excluding hydrogens is 339 g/mol. The zero-order chi connectivity index (χ0) is 17.2. The van der Waals surface area contributed by atoms with Crippen LogP contribution in [0.1, 0.15) is 32.1 Å². The number of aromatic amines is 1. The van der Waals surface area contributed by atoms with E-state index < -0.39 is 0 Å². The Hall–Kier alpha value is -2.15. The van der Waals surface area contributed by atoms with E-state index in [1.165, 1.54) is 43.2 Å². The molecule has 25 heavy (non-hydrogen) atoms. The normalized spacial score (nSPS) is 15.7. The molecule has 2 aromatic heterocycles. The molecule has 1 fully saturated rings. The molecule has 1 saturated carbocycles. The fourth-order valence-corrected chi connectivity index (χ4v) is 4.19. The number of hydrogen-bond donors (Lipinski definition) is 2. The molecule has 130 valence electrons. The van der Waals surface area contributed by atoms with Gasteiger partial charge >= 0.3 is 0 Å². The molecule has 2 N–H and O–H groups in total. The van der Waals surface area contributed by atoms with Crippen LogP contribution in [-0.2, 0) is 4.79 Å². The Morgan fingerprint density at radius 2 is 2.12 bits per heavy atom. The smallest absolute Gasteiger partial charge is 0.230 e. The number of H-pyrrole nitrogens is 1. The van der Waals surface area contributed by atoms with Crippen molar-refractivity contribution >= 4 is 39.5 Å². The second-order valence-corrected chi connectivity index (χ2v) is 7.41. The van der Waals surface area contributed by atoms with Crippen molar-refractivity contribution in [1.82, 2.24) is 20.5 Å². The van der Waals surface area contributed by atoms with Gasteiger partial charge < -0.3 is 10.3 Å². The molecule has 2 heterocycles. The molecule has 0 bridgehead atoms. The Morgan fingerprint density at radius 1 is 1.28 bits per heavy atom. The minimum Gasteiger partial charge on any atom is -0.353 e.